The molecule has 21 heavy (non-hydrogen) atoms. The number of carbonyl (C=O) groups excluding carboxylic acids is 1. The van der Waals surface area contributed by atoms with E-state index in [-0.39, 0.29) is 5.97 Å². The molecule has 0 radical (unpaired) electrons. The summed E-state index contributed by atoms with van der Waals surface area (Å²) in [4.78, 5) is 16.1. The van der Waals surface area contributed by atoms with Gasteiger partial charge < -0.3 is 15.4 Å². The van der Waals surface area contributed by atoms with Crippen LogP contribution in [0.4, 0.5) is 0 Å². The lowest BCUT2D eigenvalue weighted by Crippen LogP contribution is -2.40. The van der Waals surface area contributed by atoms with E-state index in [4.69, 9.17) is 4.74 Å². The van der Waals surface area contributed by atoms with E-state index in [1.165, 1.54) is 0 Å². The maximum atomic E-state index is 11.6. The second kappa shape index (κ2) is 9.00. The molecule has 0 atom stereocenters. The van der Waals surface area contributed by atoms with Crippen LogP contribution in [0.5, 0.6) is 0 Å². The molecule has 1 rings (SSSR count). The summed E-state index contributed by atoms with van der Waals surface area (Å²) in [7, 11) is 0. The van der Waals surface area contributed by atoms with Crippen LogP contribution in [0.15, 0.2) is 29.3 Å². The Hall–Kier alpha value is -2.04. The van der Waals surface area contributed by atoms with Gasteiger partial charge >= 0.3 is 5.97 Å². The predicted octanol–water partition coefficient (Wildman–Crippen LogP) is 2.33. The SMILES string of the molecule is CCNC(=NCc1ccc(C(=O)OCC)cc1)NC(C)C. The highest BCUT2D eigenvalue weighted by Crippen LogP contribution is 2.07. The standard InChI is InChI=1S/C16H25N3O2/c1-5-17-16(19-12(3)4)18-11-13-7-9-14(10-8-13)15(20)21-6-2/h7-10,12H,5-6,11H2,1-4H3,(H2,17,18,19). The molecule has 0 fully saturated rings. The van der Waals surface area contributed by atoms with Gasteiger partial charge in [-0.1, -0.05) is 12.1 Å². The molecule has 0 aliphatic carbocycles. The van der Waals surface area contributed by atoms with Crippen molar-refractivity contribution in [3.05, 3.63) is 35.4 Å². The van der Waals surface area contributed by atoms with Crippen molar-refractivity contribution in [2.45, 2.75) is 40.3 Å². The number of hydrogen-bond donors (Lipinski definition) is 2. The highest BCUT2D eigenvalue weighted by Gasteiger charge is 2.05. The molecule has 0 aliphatic heterocycles. The molecule has 5 heteroatoms. The first kappa shape index (κ1) is 17.0. The summed E-state index contributed by atoms with van der Waals surface area (Å²) in [6, 6.07) is 7.66. The Bertz CT molecular complexity index is 467. The summed E-state index contributed by atoms with van der Waals surface area (Å²) in [5.41, 5.74) is 1.61. The van der Waals surface area contributed by atoms with Gasteiger partial charge in [-0.25, -0.2) is 9.79 Å². The number of guanidine groups is 1. The third-order valence-corrected chi connectivity index (χ3v) is 2.65. The third kappa shape index (κ3) is 6.29. The lowest BCUT2D eigenvalue weighted by atomic mass is 10.1. The lowest BCUT2D eigenvalue weighted by molar-refractivity contribution is 0.0526. The first-order chi connectivity index (χ1) is 10.1. The smallest absolute Gasteiger partial charge is 0.338 e. The molecule has 2 N–H and O–H groups in total. The van der Waals surface area contributed by atoms with Gasteiger partial charge in [0.1, 0.15) is 0 Å². The molecule has 5 nitrogen and oxygen atoms in total. The fraction of sp³-hybridized carbons (Fsp3) is 0.500. The van der Waals surface area contributed by atoms with Crippen molar-refractivity contribution in [3.63, 3.8) is 0 Å². The molecule has 1 aromatic carbocycles. The summed E-state index contributed by atoms with van der Waals surface area (Å²) in [6.07, 6.45) is 0. The van der Waals surface area contributed by atoms with Crippen molar-refractivity contribution in [2.75, 3.05) is 13.2 Å². The quantitative estimate of drug-likeness (QED) is 0.480. The summed E-state index contributed by atoms with van der Waals surface area (Å²) >= 11 is 0. The van der Waals surface area contributed by atoms with Gasteiger partial charge in [0.15, 0.2) is 5.96 Å². The number of esters is 1. The Morgan fingerprint density at radius 3 is 2.43 bits per heavy atom. The molecule has 0 heterocycles. The molecule has 0 aromatic heterocycles. The van der Waals surface area contributed by atoms with E-state index in [1.54, 1.807) is 19.1 Å². The predicted molar refractivity (Wildman–Crippen MR) is 85.5 cm³/mol. The number of nitrogens with zero attached hydrogens (tertiary/aromatic N) is 1. The van der Waals surface area contributed by atoms with Crippen molar-refractivity contribution in [3.8, 4) is 0 Å². The van der Waals surface area contributed by atoms with Crippen LogP contribution in [-0.2, 0) is 11.3 Å². The molecular formula is C16H25N3O2. The molecular weight excluding hydrogens is 266 g/mol. The molecule has 0 unspecified atom stereocenters. The van der Waals surface area contributed by atoms with E-state index < -0.39 is 0 Å². The molecule has 0 aliphatic rings. The second-order valence-electron chi connectivity index (χ2n) is 4.91. The van der Waals surface area contributed by atoms with E-state index in [9.17, 15) is 4.79 Å². The van der Waals surface area contributed by atoms with Crippen molar-refractivity contribution < 1.29 is 9.53 Å². The monoisotopic (exact) mass is 291 g/mol. The van der Waals surface area contributed by atoms with Crippen LogP contribution >= 0.6 is 0 Å². The van der Waals surface area contributed by atoms with Crippen LogP contribution in [-0.4, -0.2) is 31.1 Å². The van der Waals surface area contributed by atoms with E-state index >= 15 is 0 Å². The van der Waals surface area contributed by atoms with Gasteiger partial charge in [0.05, 0.1) is 18.7 Å². The maximum Gasteiger partial charge on any atom is 0.338 e. The molecule has 0 spiro atoms. The Morgan fingerprint density at radius 2 is 1.90 bits per heavy atom. The highest BCUT2D eigenvalue weighted by atomic mass is 16.5. The van der Waals surface area contributed by atoms with Crippen LogP contribution in [0.3, 0.4) is 0 Å². The van der Waals surface area contributed by atoms with Crippen LogP contribution in [0.2, 0.25) is 0 Å². The molecule has 116 valence electrons. The van der Waals surface area contributed by atoms with E-state index in [2.05, 4.69) is 29.5 Å². The van der Waals surface area contributed by atoms with Gasteiger partial charge in [0.25, 0.3) is 0 Å². The number of nitrogens with one attached hydrogen (secondary N) is 2. The van der Waals surface area contributed by atoms with Gasteiger partial charge in [0.2, 0.25) is 0 Å². The Morgan fingerprint density at radius 1 is 1.24 bits per heavy atom. The normalized spacial score (nSPS) is 11.4. The Labute approximate surface area is 126 Å². The van der Waals surface area contributed by atoms with Crippen LogP contribution < -0.4 is 10.6 Å². The highest BCUT2D eigenvalue weighted by molar-refractivity contribution is 5.89. The summed E-state index contributed by atoms with van der Waals surface area (Å²) in [5, 5.41) is 6.46. The minimum absolute atomic E-state index is 0.289. The zero-order valence-corrected chi connectivity index (χ0v) is 13.3. The molecule has 1 aromatic rings. The first-order valence-electron chi connectivity index (χ1n) is 7.37. The molecule has 0 saturated carbocycles. The Kier molecular flexibility index (Phi) is 7.29. The molecule has 0 saturated heterocycles. The summed E-state index contributed by atoms with van der Waals surface area (Å²) in [6.45, 7) is 9.74. The largest absolute Gasteiger partial charge is 0.462 e. The minimum Gasteiger partial charge on any atom is -0.462 e. The number of rotatable bonds is 6. The van der Waals surface area contributed by atoms with E-state index in [0.717, 1.165) is 18.1 Å². The van der Waals surface area contributed by atoms with Crippen molar-refractivity contribution in [1.82, 2.24) is 10.6 Å². The van der Waals surface area contributed by atoms with Crippen molar-refractivity contribution >= 4 is 11.9 Å². The molecule has 0 bridgehead atoms. The topological polar surface area (TPSA) is 62.7 Å². The fourth-order valence-corrected chi connectivity index (χ4v) is 1.72. The van der Waals surface area contributed by atoms with E-state index in [1.807, 2.05) is 19.1 Å². The van der Waals surface area contributed by atoms with Gasteiger partial charge in [-0.15, -0.1) is 0 Å². The zero-order valence-electron chi connectivity index (χ0n) is 13.3. The van der Waals surface area contributed by atoms with Gasteiger partial charge in [-0.05, 0) is 45.4 Å². The van der Waals surface area contributed by atoms with Crippen LogP contribution in [0.1, 0.15) is 43.6 Å². The summed E-state index contributed by atoms with van der Waals surface area (Å²) < 4.78 is 4.96. The van der Waals surface area contributed by atoms with Gasteiger partial charge in [0, 0.05) is 12.6 Å². The van der Waals surface area contributed by atoms with Gasteiger partial charge in [-0.2, -0.15) is 0 Å². The fourth-order valence-electron chi connectivity index (χ4n) is 1.72. The van der Waals surface area contributed by atoms with Crippen molar-refractivity contribution in [1.29, 1.82) is 0 Å². The first-order valence-corrected chi connectivity index (χ1v) is 7.37. The number of benzene rings is 1. The zero-order chi connectivity index (χ0) is 15.7. The number of aliphatic imine (C=N–C) groups is 1. The van der Waals surface area contributed by atoms with Gasteiger partial charge in [-0.3, -0.25) is 0 Å². The average Bonchev–Trinajstić information content (AvgIpc) is 2.45. The Balaban J connectivity index is 2.67. The maximum absolute atomic E-state index is 11.6. The average molecular weight is 291 g/mol. The lowest BCUT2D eigenvalue weighted by Gasteiger charge is -2.13. The molecule has 0 amide bonds. The minimum atomic E-state index is -0.289. The van der Waals surface area contributed by atoms with Crippen molar-refractivity contribution in [2.24, 2.45) is 4.99 Å². The number of ether oxygens (including phenoxy) is 1. The van der Waals surface area contributed by atoms with Crippen LogP contribution in [0, 0.1) is 0 Å². The second-order valence-corrected chi connectivity index (χ2v) is 4.91. The number of carbonyl (C=O) groups is 1. The summed E-state index contributed by atoms with van der Waals surface area (Å²) in [5.74, 6) is 0.504. The third-order valence-electron chi connectivity index (χ3n) is 2.65. The number of hydrogen-bond acceptors (Lipinski definition) is 3. The van der Waals surface area contributed by atoms with Crippen LogP contribution in [0.25, 0.3) is 0 Å². The van der Waals surface area contributed by atoms with E-state index in [0.29, 0.717) is 24.8 Å².